The van der Waals surface area contributed by atoms with Gasteiger partial charge >= 0.3 is 5.97 Å². The maximum absolute atomic E-state index is 12.5. The molecule has 0 aliphatic carbocycles. The number of aliphatic hydroxyl groups is 2. The second-order valence-corrected chi connectivity index (χ2v) is 23.5. The Morgan fingerprint density at radius 2 is 0.684 bits per heavy atom. The molecule has 6 nitrogen and oxygen atoms in total. The molecule has 76 heavy (non-hydrogen) atoms. The van der Waals surface area contributed by atoms with E-state index in [1.165, 1.54) is 289 Å². The van der Waals surface area contributed by atoms with E-state index >= 15 is 0 Å². The molecule has 0 spiro atoms. The third-order valence-electron chi connectivity index (χ3n) is 15.9. The zero-order chi connectivity index (χ0) is 55.0. The highest BCUT2D eigenvalue weighted by Gasteiger charge is 2.20. The summed E-state index contributed by atoms with van der Waals surface area (Å²) < 4.78 is 5.47. The first-order valence-electron chi connectivity index (χ1n) is 34.2. The molecule has 0 heterocycles. The van der Waals surface area contributed by atoms with E-state index in [1.807, 2.05) is 0 Å². The molecule has 0 bridgehead atoms. The minimum absolute atomic E-state index is 0.000718. The van der Waals surface area contributed by atoms with Gasteiger partial charge in [0, 0.05) is 12.8 Å². The molecule has 0 aromatic rings. The molecule has 3 N–H and O–H groups in total. The van der Waals surface area contributed by atoms with Gasteiger partial charge in [0.15, 0.2) is 0 Å². The average molecular weight is 1070 g/mol. The van der Waals surface area contributed by atoms with Crippen LogP contribution in [0.25, 0.3) is 0 Å². The van der Waals surface area contributed by atoms with Gasteiger partial charge in [0.2, 0.25) is 5.91 Å². The van der Waals surface area contributed by atoms with Gasteiger partial charge < -0.3 is 20.3 Å². The van der Waals surface area contributed by atoms with Crippen molar-refractivity contribution in [2.75, 3.05) is 13.2 Å². The van der Waals surface area contributed by atoms with Crippen LogP contribution < -0.4 is 5.32 Å². The Balaban J connectivity index is 3.40. The van der Waals surface area contributed by atoms with Crippen LogP contribution in [0.2, 0.25) is 0 Å². The molecule has 6 heteroatoms. The van der Waals surface area contributed by atoms with E-state index in [-0.39, 0.29) is 18.5 Å². The van der Waals surface area contributed by atoms with Crippen LogP contribution in [0.4, 0.5) is 0 Å². The average Bonchev–Trinajstić information content (AvgIpc) is 3.42. The highest BCUT2D eigenvalue weighted by Crippen LogP contribution is 2.18. The molecular formula is C70H133NO5. The predicted octanol–water partition coefficient (Wildman–Crippen LogP) is 21.9. The summed E-state index contributed by atoms with van der Waals surface area (Å²) in [4.78, 5) is 24.6. The summed E-state index contributed by atoms with van der Waals surface area (Å²) in [5, 5.41) is 23.4. The molecule has 0 rings (SSSR count). The topological polar surface area (TPSA) is 95.9 Å². The number of allylic oxidation sites excluding steroid dienone is 6. The van der Waals surface area contributed by atoms with Crippen molar-refractivity contribution in [1.29, 1.82) is 0 Å². The van der Waals surface area contributed by atoms with Crippen molar-refractivity contribution >= 4 is 11.9 Å². The molecule has 0 aliphatic rings. The largest absolute Gasteiger partial charge is 0.466 e. The molecule has 0 radical (unpaired) electrons. The Hall–Kier alpha value is -1.92. The van der Waals surface area contributed by atoms with Gasteiger partial charge in [-0.05, 0) is 77.0 Å². The van der Waals surface area contributed by atoms with E-state index in [0.29, 0.717) is 25.9 Å². The number of hydrogen-bond acceptors (Lipinski definition) is 5. The Morgan fingerprint density at radius 1 is 0.368 bits per heavy atom. The SMILES string of the molecule is CCC/C=C\C/C=C\CCCCCCCC(=O)OCCCCCCCCCCCCCC/C=C\CCCCCCCCCCCCC(=O)NC(CO)C(O)CCCCCCCCCCCCCCCCCCCCCC. The van der Waals surface area contributed by atoms with Crippen LogP contribution in [-0.4, -0.2) is 47.4 Å². The van der Waals surface area contributed by atoms with Gasteiger partial charge in [0.25, 0.3) is 0 Å². The summed E-state index contributed by atoms with van der Waals surface area (Å²) in [6.45, 7) is 4.91. The standard InChI is InChI=1S/C70H133NO5/c1-3-5-7-9-11-13-15-17-18-19-20-29-32-35-39-42-46-50-54-58-62-68(73)67(66-72)71-69(74)63-59-55-51-47-43-40-36-33-30-27-25-23-21-22-24-26-28-31-34-37-41-45-49-53-57-61-65-76-70(75)64-60-56-52-48-44-38-16-14-12-10-8-6-4-2/h8,10,14,16,21,23,67-68,72-73H,3-7,9,11-13,15,17-20,22,24-66H2,1-2H3,(H,71,74)/b10-8-,16-14-,23-21-. The van der Waals surface area contributed by atoms with E-state index < -0.39 is 12.1 Å². The lowest BCUT2D eigenvalue weighted by Crippen LogP contribution is -2.45. The summed E-state index contributed by atoms with van der Waals surface area (Å²) in [6, 6.07) is -0.544. The molecule has 0 aromatic heterocycles. The second kappa shape index (κ2) is 65.6. The minimum atomic E-state index is -0.667. The first kappa shape index (κ1) is 74.1. The lowest BCUT2D eigenvalue weighted by Gasteiger charge is -2.22. The van der Waals surface area contributed by atoms with Crippen LogP contribution in [-0.2, 0) is 14.3 Å². The van der Waals surface area contributed by atoms with Crippen LogP contribution in [0, 0.1) is 0 Å². The fourth-order valence-electron chi connectivity index (χ4n) is 10.7. The number of esters is 1. The summed E-state index contributed by atoms with van der Waals surface area (Å²) in [5.41, 5.74) is 0. The fraction of sp³-hybridized carbons (Fsp3) is 0.886. The van der Waals surface area contributed by atoms with Gasteiger partial charge in [-0.15, -0.1) is 0 Å². The number of nitrogens with one attached hydrogen (secondary N) is 1. The Kier molecular flexibility index (Phi) is 63.9. The smallest absolute Gasteiger partial charge is 0.305 e. The minimum Gasteiger partial charge on any atom is -0.466 e. The predicted molar refractivity (Wildman–Crippen MR) is 333 cm³/mol. The molecule has 448 valence electrons. The number of amides is 1. The summed E-state index contributed by atoms with van der Waals surface area (Å²) in [7, 11) is 0. The second-order valence-electron chi connectivity index (χ2n) is 23.5. The van der Waals surface area contributed by atoms with Crippen LogP contribution in [0.15, 0.2) is 36.5 Å². The molecular weight excluding hydrogens is 935 g/mol. The number of hydrogen-bond donors (Lipinski definition) is 3. The molecule has 0 aliphatic heterocycles. The summed E-state index contributed by atoms with van der Waals surface area (Å²) >= 11 is 0. The summed E-state index contributed by atoms with van der Waals surface area (Å²) in [6.07, 6.45) is 83.2. The van der Waals surface area contributed by atoms with E-state index in [2.05, 4.69) is 55.6 Å². The molecule has 1 amide bonds. The van der Waals surface area contributed by atoms with E-state index in [1.54, 1.807) is 0 Å². The van der Waals surface area contributed by atoms with E-state index in [0.717, 1.165) is 51.4 Å². The van der Waals surface area contributed by atoms with Gasteiger partial charge in [-0.1, -0.05) is 320 Å². The summed E-state index contributed by atoms with van der Waals surface area (Å²) in [5.74, 6) is -0.0341. The van der Waals surface area contributed by atoms with Crippen molar-refractivity contribution in [3.05, 3.63) is 36.5 Å². The Morgan fingerprint density at radius 3 is 1.07 bits per heavy atom. The van der Waals surface area contributed by atoms with Crippen LogP contribution >= 0.6 is 0 Å². The van der Waals surface area contributed by atoms with Gasteiger partial charge in [-0.3, -0.25) is 9.59 Å². The maximum Gasteiger partial charge on any atom is 0.305 e. The quantitative estimate of drug-likeness (QED) is 0.0320. The zero-order valence-corrected chi connectivity index (χ0v) is 51.3. The van der Waals surface area contributed by atoms with Crippen molar-refractivity contribution < 1.29 is 24.5 Å². The molecule has 0 saturated heterocycles. The van der Waals surface area contributed by atoms with Gasteiger partial charge in [0.05, 0.1) is 25.4 Å². The Labute approximate surface area is 474 Å². The first-order chi connectivity index (χ1) is 37.5. The van der Waals surface area contributed by atoms with E-state index in [4.69, 9.17) is 4.74 Å². The number of carbonyl (C=O) groups excluding carboxylic acids is 2. The third kappa shape index (κ3) is 61.3. The fourth-order valence-corrected chi connectivity index (χ4v) is 10.7. The number of unbranched alkanes of at least 4 members (excludes halogenated alkanes) is 47. The van der Waals surface area contributed by atoms with Crippen molar-refractivity contribution in [1.82, 2.24) is 5.32 Å². The lowest BCUT2D eigenvalue weighted by molar-refractivity contribution is -0.143. The molecule has 0 saturated carbocycles. The highest BCUT2D eigenvalue weighted by atomic mass is 16.5. The van der Waals surface area contributed by atoms with Gasteiger partial charge in [-0.2, -0.15) is 0 Å². The first-order valence-corrected chi connectivity index (χ1v) is 34.2. The number of ether oxygens (including phenoxy) is 1. The van der Waals surface area contributed by atoms with Crippen LogP contribution in [0.3, 0.4) is 0 Å². The van der Waals surface area contributed by atoms with Crippen molar-refractivity contribution in [3.63, 3.8) is 0 Å². The molecule has 0 fully saturated rings. The van der Waals surface area contributed by atoms with E-state index in [9.17, 15) is 19.8 Å². The van der Waals surface area contributed by atoms with Crippen molar-refractivity contribution in [2.24, 2.45) is 0 Å². The van der Waals surface area contributed by atoms with Crippen LogP contribution in [0.5, 0.6) is 0 Å². The lowest BCUT2D eigenvalue weighted by atomic mass is 10.0. The van der Waals surface area contributed by atoms with Crippen LogP contribution in [0.1, 0.15) is 373 Å². The Bertz CT molecular complexity index is 1230. The van der Waals surface area contributed by atoms with Gasteiger partial charge in [0.1, 0.15) is 0 Å². The van der Waals surface area contributed by atoms with Crippen molar-refractivity contribution in [3.8, 4) is 0 Å². The monoisotopic (exact) mass is 1070 g/mol. The zero-order valence-electron chi connectivity index (χ0n) is 51.3. The van der Waals surface area contributed by atoms with Gasteiger partial charge in [-0.25, -0.2) is 0 Å². The highest BCUT2D eigenvalue weighted by molar-refractivity contribution is 5.76. The van der Waals surface area contributed by atoms with Crippen molar-refractivity contribution in [2.45, 2.75) is 386 Å². The number of carbonyl (C=O) groups is 2. The maximum atomic E-state index is 12.5. The normalized spacial score (nSPS) is 12.7. The number of aliphatic hydroxyl groups excluding tert-OH is 2. The number of rotatable bonds is 64. The molecule has 0 aromatic carbocycles. The third-order valence-corrected chi connectivity index (χ3v) is 15.9. The molecule has 2 unspecified atom stereocenters. The molecule has 2 atom stereocenters.